The predicted octanol–water partition coefficient (Wildman–Crippen LogP) is 4.20. The summed E-state index contributed by atoms with van der Waals surface area (Å²) in [5.74, 6) is 0.684. The summed E-state index contributed by atoms with van der Waals surface area (Å²) in [5, 5.41) is 3.21. The zero-order valence-electron chi connectivity index (χ0n) is 13.2. The highest BCUT2D eigenvalue weighted by molar-refractivity contribution is 5.72. The summed E-state index contributed by atoms with van der Waals surface area (Å²) in [4.78, 5) is 8.83. The summed E-state index contributed by atoms with van der Waals surface area (Å²) < 4.78 is 0. The number of anilines is 1. The Kier molecular flexibility index (Phi) is 4.07. The zero-order chi connectivity index (χ0) is 14.9. The van der Waals surface area contributed by atoms with Crippen LogP contribution in [0.2, 0.25) is 0 Å². The summed E-state index contributed by atoms with van der Waals surface area (Å²) in [6.07, 6.45) is 3.82. The van der Waals surface area contributed by atoms with E-state index in [2.05, 4.69) is 62.9 Å². The van der Waals surface area contributed by atoms with Crippen LogP contribution in [0.3, 0.4) is 0 Å². The van der Waals surface area contributed by atoms with E-state index in [0.717, 1.165) is 5.56 Å². The summed E-state index contributed by atoms with van der Waals surface area (Å²) in [6.45, 7) is 12.8. The maximum absolute atomic E-state index is 4.41. The van der Waals surface area contributed by atoms with Gasteiger partial charge in [0.25, 0.3) is 0 Å². The molecule has 1 aromatic heterocycles. The van der Waals surface area contributed by atoms with Crippen molar-refractivity contribution in [3.8, 4) is 11.1 Å². The van der Waals surface area contributed by atoms with Crippen LogP contribution >= 0.6 is 0 Å². The topological polar surface area (TPSA) is 37.8 Å². The van der Waals surface area contributed by atoms with Gasteiger partial charge in [0.2, 0.25) is 5.95 Å². The lowest BCUT2D eigenvalue weighted by molar-refractivity contribution is 0.874. The Morgan fingerprint density at radius 1 is 0.900 bits per heavy atom. The van der Waals surface area contributed by atoms with Gasteiger partial charge in [-0.3, -0.25) is 0 Å². The molecule has 1 heterocycles. The molecule has 0 saturated carbocycles. The van der Waals surface area contributed by atoms with Crippen molar-refractivity contribution in [2.45, 2.75) is 47.6 Å². The average molecular weight is 269 g/mol. The van der Waals surface area contributed by atoms with Crippen LogP contribution in [0.4, 0.5) is 5.95 Å². The van der Waals surface area contributed by atoms with Gasteiger partial charge in [-0.25, -0.2) is 9.97 Å². The monoisotopic (exact) mass is 269 g/mol. The SMILES string of the molecule is Cc1cc(C)c(C)c(-c2cnc(NC(C)C)nc2)c1C. The number of aromatic nitrogens is 2. The highest BCUT2D eigenvalue weighted by Gasteiger charge is 2.11. The predicted molar refractivity (Wildman–Crippen MR) is 85.2 cm³/mol. The van der Waals surface area contributed by atoms with E-state index in [4.69, 9.17) is 0 Å². The molecule has 0 aliphatic heterocycles. The minimum atomic E-state index is 0.338. The van der Waals surface area contributed by atoms with Crippen molar-refractivity contribution in [1.29, 1.82) is 0 Å². The average Bonchev–Trinajstić information content (AvgIpc) is 2.38. The molecule has 0 fully saturated rings. The van der Waals surface area contributed by atoms with E-state index in [1.807, 2.05) is 12.4 Å². The van der Waals surface area contributed by atoms with Crippen LogP contribution < -0.4 is 5.32 Å². The Balaban J connectivity index is 2.47. The molecule has 0 aliphatic rings. The second-order valence-electron chi connectivity index (χ2n) is 5.73. The summed E-state index contributed by atoms with van der Waals surface area (Å²) >= 11 is 0. The second-order valence-corrected chi connectivity index (χ2v) is 5.73. The molecule has 0 bridgehead atoms. The van der Waals surface area contributed by atoms with Crippen LogP contribution in [-0.2, 0) is 0 Å². The molecular weight excluding hydrogens is 246 g/mol. The summed E-state index contributed by atoms with van der Waals surface area (Å²) in [7, 11) is 0. The third-order valence-electron chi connectivity index (χ3n) is 3.72. The molecule has 0 aliphatic carbocycles. The Hall–Kier alpha value is -1.90. The molecule has 20 heavy (non-hydrogen) atoms. The first kappa shape index (κ1) is 14.5. The lowest BCUT2D eigenvalue weighted by Gasteiger charge is -2.15. The molecule has 2 rings (SSSR count). The molecule has 0 atom stereocenters. The van der Waals surface area contributed by atoms with Crippen LogP contribution in [0, 0.1) is 27.7 Å². The van der Waals surface area contributed by atoms with E-state index in [9.17, 15) is 0 Å². The quantitative estimate of drug-likeness (QED) is 0.907. The number of nitrogens with zero attached hydrogens (tertiary/aromatic N) is 2. The lowest BCUT2D eigenvalue weighted by Crippen LogP contribution is -2.12. The fourth-order valence-corrected chi connectivity index (χ4v) is 2.44. The van der Waals surface area contributed by atoms with Crippen molar-refractivity contribution in [2.75, 3.05) is 5.32 Å². The smallest absolute Gasteiger partial charge is 0.222 e. The van der Waals surface area contributed by atoms with Crippen molar-refractivity contribution in [3.63, 3.8) is 0 Å². The van der Waals surface area contributed by atoms with Crippen molar-refractivity contribution in [2.24, 2.45) is 0 Å². The number of hydrogen-bond acceptors (Lipinski definition) is 3. The lowest BCUT2D eigenvalue weighted by atomic mass is 9.91. The van der Waals surface area contributed by atoms with Gasteiger partial charge < -0.3 is 5.32 Å². The molecule has 3 heteroatoms. The Morgan fingerprint density at radius 2 is 1.40 bits per heavy atom. The van der Waals surface area contributed by atoms with E-state index in [1.165, 1.54) is 27.8 Å². The number of aryl methyl sites for hydroxylation is 2. The van der Waals surface area contributed by atoms with Crippen molar-refractivity contribution >= 4 is 5.95 Å². The molecular formula is C17H23N3. The van der Waals surface area contributed by atoms with E-state index in [-0.39, 0.29) is 0 Å². The van der Waals surface area contributed by atoms with Gasteiger partial charge in [-0.2, -0.15) is 0 Å². The third-order valence-corrected chi connectivity index (χ3v) is 3.72. The minimum Gasteiger partial charge on any atom is -0.352 e. The maximum atomic E-state index is 4.41. The van der Waals surface area contributed by atoms with E-state index in [1.54, 1.807) is 0 Å². The van der Waals surface area contributed by atoms with Crippen molar-refractivity contribution in [1.82, 2.24) is 9.97 Å². The summed E-state index contributed by atoms with van der Waals surface area (Å²) in [5.41, 5.74) is 7.59. The third kappa shape index (κ3) is 2.82. The fraction of sp³-hybridized carbons (Fsp3) is 0.412. The van der Waals surface area contributed by atoms with Crippen molar-refractivity contribution < 1.29 is 0 Å². The van der Waals surface area contributed by atoms with E-state index >= 15 is 0 Å². The molecule has 0 amide bonds. The Bertz CT molecular complexity index is 587. The highest BCUT2D eigenvalue weighted by Crippen LogP contribution is 2.30. The molecule has 2 aromatic rings. The standard InChI is InChI=1S/C17H23N3/c1-10(2)20-17-18-8-15(9-19-17)16-13(5)11(3)7-12(4)14(16)6/h7-10H,1-6H3,(H,18,19,20). The van der Waals surface area contributed by atoms with Crippen LogP contribution in [0.15, 0.2) is 18.5 Å². The first-order valence-corrected chi connectivity index (χ1v) is 7.06. The molecule has 0 radical (unpaired) electrons. The van der Waals surface area contributed by atoms with Gasteiger partial charge in [0.05, 0.1) is 0 Å². The Labute approximate surface area is 121 Å². The number of rotatable bonds is 3. The molecule has 106 valence electrons. The molecule has 0 unspecified atom stereocenters. The van der Waals surface area contributed by atoms with Gasteiger partial charge in [-0.1, -0.05) is 6.07 Å². The van der Waals surface area contributed by atoms with E-state index < -0.39 is 0 Å². The van der Waals surface area contributed by atoms with Gasteiger partial charge in [0.15, 0.2) is 0 Å². The second kappa shape index (κ2) is 5.61. The minimum absolute atomic E-state index is 0.338. The van der Waals surface area contributed by atoms with Gasteiger partial charge in [-0.05, 0) is 69.4 Å². The Morgan fingerprint density at radius 3 is 1.85 bits per heavy atom. The van der Waals surface area contributed by atoms with E-state index in [0.29, 0.717) is 12.0 Å². The molecule has 3 nitrogen and oxygen atoms in total. The number of benzene rings is 1. The van der Waals surface area contributed by atoms with Gasteiger partial charge in [-0.15, -0.1) is 0 Å². The fourth-order valence-electron chi connectivity index (χ4n) is 2.44. The molecule has 1 N–H and O–H groups in total. The summed E-state index contributed by atoms with van der Waals surface area (Å²) in [6, 6.07) is 2.58. The zero-order valence-corrected chi connectivity index (χ0v) is 13.2. The van der Waals surface area contributed by atoms with Crippen LogP contribution in [0.1, 0.15) is 36.1 Å². The van der Waals surface area contributed by atoms with Crippen molar-refractivity contribution in [3.05, 3.63) is 40.7 Å². The maximum Gasteiger partial charge on any atom is 0.222 e. The molecule has 0 spiro atoms. The largest absolute Gasteiger partial charge is 0.352 e. The van der Waals surface area contributed by atoms with Crippen LogP contribution in [0.25, 0.3) is 11.1 Å². The molecule has 0 saturated heterocycles. The van der Waals surface area contributed by atoms with Gasteiger partial charge >= 0.3 is 0 Å². The first-order chi connectivity index (χ1) is 9.40. The van der Waals surface area contributed by atoms with Gasteiger partial charge in [0, 0.05) is 24.0 Å². The number of nitrogens with one attached hydrogen (secondary N) is 1. The molecule has 1 aromatic carbocycles. The van der Waals surface area contributed by atoms with Crippen LogP contribution in [0.5, 0.6) is 0 Å². The normalized spacial score (nSPS) is 10.9. The van der Waals surface area contributed by atoms with Gasteiger partial charge in [0.1, 0.15) is 0 Å². The first-order valence-electron chi connectivity index (χ1n) is 7.06. The highest BCUT2D eigenvalue weighted by atomic mass is 15.1. The van der Waals surface area contributed by atoms with Crippen LogP contribution in [-0.4, -0.2) is 16.0 Å². The number of hydrogen-bond donors (Lipinski definition) is 1.